The summed E-state index contributed by atoms with van der Waals surface area (Å²) in [4.78, 5) is 11.3. The minimum atomic E-state index is -0.0837. The zero-order chi connectivity index (χ0) is 10.7. The molecule has 0 aliphatic heterocycles. The zero-order valence-corrected chi connectivity index (χ0v) is 9.38. The third kappa shape index (κ3) is 2.37. The van der Waals surface area contributed by atoms with Crippen LogP contribution in [0, 0.1) is 17.8 Å². The minimum Gasteiger partial charge on any atom is -0.466 e. The van der Waals surface area contributed by atoms with E-state index in [1.807, 2.05) is 6.92 Å². The second-order valence-electron chi connectivity index (χ2n) is 4.30. The van der Waals surface area contributed by atoms with E-state index in [1.165, 1.54) is 5.57 Å². The number of hydrogen-bond donors (Lipinski definition) is 0. The molecular weight excluding hydrogens is 176 g/mol. The van der Waals surface area contributed by atoms with E-state index in [9.17, 15) is 4.79 Å². The van der Waals surface area contributed by atoms with E-state index in [-0.39, 0.29) is 5.97 Å². The van der Waals surface area contributed by atoms with Gasteiger partial charge in [0.15, 0.2) is 0 Å². The quantitative estimate of drug-likeness (QED) is 0.512. The topological polar surface area (TPSA) is 26.3 Å². The molecule has 2 heteroatoms. The minimum absolute atomic E-state index is 0.0837. The normalized spacial score (nSPS) is 31.9. The number of hydrogen-bond acceptors (Lipinski definition) is 2. The van der Waals surface area contributed by atoms with Crippen LogP contribution in [0.15, 0.2) is 12.2 Å². The molecule has 80 valence electrons. The highest BCUT2D eigenvalue weighted by molar-refractivity contribution is 5.70. The second-order valence-corrected chi connectivity index (χ2v) is 4.30. The molecule has 0 N–H and O–H groups in total. The Morgan fingerprint density at radius 3 is 2.64 bits per heavy atom. The van der Waals surface area contributed by atoms with Gasteiger partial charge >= 0.3 is 5.97 Å². The molecule has 1 aliphatic carbocycles. The van der Waals surface area contributed by atoms with Crippen LogP contribution in [-0.4, -0.2) is 12.6 Å². The smallest absolute Gasteiger partial charge is 0.306 e. The molecule has 0 aromatic carbocycles. The van der Waals surface area contributed by atoms with Gasteiger partial charge in [-0.3, -0.25) is 4.79 Å². The van der Waals surface area contributed by atoms with Crippen molar-refractivity contribution in [1.82, 2.24) is 0 Å². The van der Waals surface area contributed by atoms with E-state index in [1.54, 1.807) is 0 Å². The molecule has 14 heavy (non-hydrogen) atoms. The summed E-state index contributed by atoms with van der Waals surface area (Å²) in [7, 11) is 0. The van der Waals surface area contributed by atoms with Gasteiger partial charge < -0.3 is 4.74 Å². The van der Waals surface area contributed by atoms with Crippen molar-refractivity contribution in [1.29, 1.82) is 0 Å². The average molecular weight is 196 g/mol. The molecule has 3 atom stereocenters. The van der Waals surface area contributed by atoms with Gasteiger partial charge in [-0.1, -0.05) is 26.0 Å². The lowest BCUT2D eigenvalue weighted by Gasteiger charge is -2.15. The highest BCUT2D eigenvalue weighted by atomic mass is 16.5. The lowest BCUT2D eigenvalue weighted by atomic mass is 9.92. The number of esters is 1. The Balaban J connectivity index is 2.51. The summed E-state index contributed by atoms with van der Waals surface area (Å²) in [6, 6.07) is 0. The molecule has 1 fully saturated rings. The summed E-state index contributed by atoms with van der Waals surface area (Å²) in [6.45, 7) is 10.8. The van der Waals surface area contributed by atoms with Gasteiger partial charge in [0.25, 0.3) is 0 Å². The summed E-state index contributed by atoms with van der Waals surface area (Å²) >= 11 is 0. The van der Waals surface area contributed by atoms with E-state index in [0.29, 0.717) is 30.8 Å². The Labute approximate surface area is 86.3 Å². The largest absolute Gasteiger partial charge is 0.466 e. The van der Waals surface area contributed by atoms with Crippen molar-refractivity contribution < 1.29 is 9.53 Å². The van der Waals surface area contributed by atoms with Crippen molar-refractivity contribution in [2.45, 2.75) is 33.6 Å². The number of ether oxygens (including phenoxy) is 1. The molecule has 0 aromatic rings. The van der Waals surface area contributed by atoms with Gasteiger partial charge in [0.2, 0.25) is 0 Å². The molecule has 0 aromatic heterocycles. The molecule has 1 saturated carbocycles. The molecule has 0 heterocycles. The first-order valence-corrected chi connectivity index (χ1v) is 5.40. The van der Waals surface area contributed by atoms with Gasteiger partial charge in [0.05, 0.1) is 13.0 Å². The van der Waals surface area contributed by atoms with Crippen LogP contribution in [0.4, 0.5) is 0 Å². The number of carbonyl (C=O) groups is 1. The maximum absolute atomic E-state index is 11.3. The van der Waals surface area contributed by atoms with Crippen molar-refractivity contribution in [2.24, 2.45) is 17.8 Å². The molecule has 0 bridgehead atoms. The van der Waals surface area contributed by atoms with Crippen molar-refractivity contribution in [2.75, 3.05) is 6.61 Å². The van der Waals surface area contributed by atoms with Crippen LogP contribution in [0.2, 0.25) is 0 Å². The zero-order valence-electron chi connectivity index (χ0n) is 9.38. The Morgan fingerprint density at radius 1 is 1.57 bits per heavy atom. The monoisotopic (exact) mass is 196 g/mol. The molecule has 0 radical (unpaired) electrons. The van der Waals surface area contributed by atoms with E-state index in [0.717, 1.165) is 6.42 Å². The summed E-state index contributed by atoms with van der Waals surface area (Å²) < 4.78 is 4.96. The summed E-state index contributed by atoms with van der Waals surface area (Å²) in [5, 5.41) is 0. The highest BCUT2D eigenvalue weighted by Gasteiger charge is 2.33. The van der Waals surface area contributed by atoms with E-state index in [4.69, 9.17) is 4.74 Å². The van der Waals surface area contributed by atoms with Crippen LogP contribution in [-0.2, 0) is 9.53 Å². The first-order chi connectivity index (χ1) is 6.56. The van der Waals surface area contributed by atoms with E-state index in [2.05, 4.69) is 20.4 Å². The average Bonchev–Trinajstić information content (AvgIpc) is 2.33. The van der Waals surface area contributed by atoms with Gasteiger partial charge in [-0.2, -0.15) is 0 Å². The van der Waals surface area contributed by atoms with E-state index >= 15 is 0 Å². The Hall–Kier alpha value is -0.790. The van der Waals surface area contributed by atoms with Crippen molar-refractivity contribution in [3.63, 3.8) is 0 Å². The van der Waals surface area contributed by atoms with Crippen molar-refractivity contribution >= 4 is 5.97 Å². The fourth-order valence-corrected chi connectivity index (χ4v) is 2.34. The molecular formula is C12H20O2. The van der Waals surface area contributed by atoms with Gasteiger partial charge in [0.1, 0.15) is 0 Å². The van der Waals surface area contributed by atoms with Crippen molar-refractivity contribution in [3.05, 3.63) is 12.2 Å². The van der Waals surface area contributed by atoms with E-state index < -0.39 is 0 Å². The van der Waals surface area contributed by atoms with Gasteiger partial charge in [-0.05, 0) is 31.1 Å². The molecule has 2 nitrogen and oxygen atoms in total. The first-order valence-electron chi connectivity index (χ1n) is 5.40. The summed E-state index contributed by atoms with van der Waals surface area (Å²) in [5.41, 5.74) is 1.23. The fourth-order valence-electron chi connectivity index (χ4n) is 2.34. The van der Waals surface area contributed by atoms with Crippen LogP contribution in [0.25, 0.3) is 0 Å². The van der Waals surface area contributed by atoms with Gasteiger partial charge in [-0.25, -0.2) is 0 Å². The van der Waals surface area contributed by atoms with Crippen LogP contribution in [0.5, 0.6) is 0 Å². The molecule has 0 spiro atoms. The Kier molecular flexibility index (Phi) is 3.73. The molecule has 1 aliphatic rings. The van der Waals surface area contributed by atoms with Crippen LogP contribution in [0.1, 0.15) is 33.6 Å². The SMILES string of the molecule is C=C1C(CC(=O)OCC)[C@H](C)C[C@@H]1C. The highest BCUT2D eigenvalue weighted by Crippen LogP contribution is 2.41. The predicted octanol–water partition coefficient (Wildman–Crippen LogP) is 2.79. The van der Waals surface area contributed by atoms with Crippen LogP contribution >= 0.6 is 0 Å². The van der Waals surface area contributed by atoms with Crippen molar-refractivity contribution in [3.8, 4) is 0 Å². The third-order valence-electron chi connectivity index (χ3n) is 3.21. The molecule has 1 rings (SSSR count). The van der Waals surface area contributed by atoms with Gasteiger partial charge in [0, 0.05) is 0 Å². The number of carbonyl (C=O) groups excluding carboxylic acids is 1. The predicted molar refractivity (Wildman–Crippen MR) is 56.8 cm³/mol. The molecule has 0 saturated heterocycles. The van der Waals surface area contributed by atoms with Crippen LogP contribution < -0.4 is 0 Å². The second kappa shape index (κ2) is 4.63. The fraction of sp³-hybridized carbons (Fsp3) is 0.750. The van der Waals surface area contributed by atoms with Crippen LogP contribution in [0.3, 0.4) is 0 Å². The molecule has 1 unspecified atom stereocenters. The maximum atomic E-state index is 11.3. The number of rotatable bonds is 3. The summed E-state index contributed by atoms with van der Waals surface area (Å²) in [5.74, 6) is 1.38. The lowest BCUT2D eigenvalue weighted by Crippen LogP contribution is -2.14. The lowest BCUT2D eigenvalue weighted by molar-refractivity contribution is -0.144. The first kappa shape index (κ1) is 11.3. The molecule has 0 amide bonds. The van der Waals surface area contributed by atoms with Gasteiger partial charge in [-0.15, -0.1) is 0 Å². The standard InChI is InChI=1S/C12H20O2/c1-5-14-12(13)7-11-9(3)6-8(2)10(11)4/h8-9,11H,4-7H2,1-3H3/t8-,9+,11?/m0/s1. The number of allylic oxidation sites excluding steroid dienone is 1. The Morgan fingerprint density at radius 2 is 2.21 bits per heavy atom. The third-order valence-corrected chi connectivity index (χ3v) is 3.21. The maximum Gasteiger partial charge on any atom is 0.306 e. The Bertz CT molecular complexity index is 232. The summed E-state index contributed by atoms with van der Waals surface area (Å²) in [6.07, 6.45) is 1.67.